The highest BCUT2D eigenvalue weighted by Gasteiger charge is 2.55. The van der Waals surface area contributed by atoms with Crippen molar-refractivity contribution in [2.45, 2.75) is 333 Å². The summed E-state index contributed by atoms with van der Waals surface area (Å²) in [6.45, 7) is 71.0. The minimum Gasteiger partial charge on any atom is -0.392 e. The van der Waals surface area contributed by atoms with E-state index in [0.29, 0.717) is 27.1 Å². The van der Waals surface area contributed by atoms with Crippen LogP contribution in [-0.4, -0.2) is 5.11 Å². The molecule has 2 heteroatoms. The second-order valence-corrected chi connectivity index (χ2v) is 41.3. The van der Waals surface area contributed by atoms with Crippen LogP contribution in [0.1, 0.15) is 326 Å². The summed E-state index contributed by atoms with van der Waals surface area (Å²) in [5, 5.41) is 9.12. The van der Waals surface area contributed by atoms with E-state index in [-0.39, 0.29) is 34.1 Å². The third-order valence-electron chi connectivity index (χ3n) is 20.0. The third-order valence-corrected chi connectivity index (χ3v) is 20.0. The van der Waals surface area contributed by atoms with Gasteiger partial charge in [-0.25, -0.2) is 4.39 Å². The first-order valence-electron chi connectivity index (χ1n) is 39.5. The predicted molar refractivity (Wildman–Crippen MR) is 449 cm³/mol. The van der Waals surface area contributed by atoms with Gasteiger partial charge in [-0.15, -0.1) is 6.58 Å². The van der Waals surface area contributed by atoms with E-state index in [9.17, 15) is 4.39 Å². The zero-order chi connectivity index (χ0) is 77.1. The van der Waals surface area contributed by atoms with E-state index in [1.165, 1.54) is 89.1 Å². The molecule has 6 aromatic rings. The number of allylic oxidation sites excluding steroid dienone is 1. The van der Waals surface area contributed by atoms with Crippen molar-refractivity contribution in [1.82, 2.24) is 0 Å². The molecule has 0 unspecified atom stereocenters. The van der Waals surface area contributed by atoms with E-state index in [4.69, 9.17) is 5.11 Å². The molecule has 0 radical (unpaired) electrons. The monoisotopic (exact) mass is 1380 g/mol. The fourth-order valence-electron chi connectivity index (χ4n) is 14.9. The highest BCUT2D eigenvalue weighted by atomic mass is 19.1. The molecule has 0 saturated heterocycles. The molecule has 101 heavy (non-hydrogen) atoms. The Kier molecular flexibility index (Phi) is 37.4. The van der Waals surface area contributed by atoms with E-state index in [0.717, 1.165) is 65.9 Å². The van der Waals surface area contributed by atoms with Crippen molar-refractivity contribution in [3.63, 3.8) is 0 Å². The fraction of sp³-hybridized carbons (Fsp3) is 0.616. The van der Waals surface area contributed by atoms with Gasteiger partial charge >= 0.3 is 0 Å². The average Bonchev–Trinajstić information content (AvgIpc) is 0.731. The number of halogens is 1. The standard InChI is InChI=1S/C14H24.C12H18O.C12H18.2C11H16.C11H22.C11H16.C10H13F.C7H14/c1-13(2,3)14-7-10-4-11(8-14)6-12(5-10)9-14;1-12(2,3)8-10-6-4-5-7-11(10)9-13;1-10-5-7-11(8-6-10)9-12(2,3)4;2*1-9-5-7-10(8-6-9)11(2,3)4;2*1-11(2,3)9-10-7-5-4-6-8-10;1-10(2,3)8-6-4-5-7-9(8)11;1-5-6-7(2,3)4/h10-12H,4-9H2,1-3H3;4-7,13H,8-9H2,1-3H3;5-8H,9H2,1-4H3;2*5-8H,1-4H3;10H,4-9H2,1-3H3;4-8H,9H2,1-3H3;4-7H,1-3H3;5H,1,6H2,2-4H3. The molecule has 0 aromatic heterocycles. The fourth-order valence-corrected chi connectivity index (χ4v) is 14.9. The molecule has 5 fully saturated rings. The van der Waals surface area contributed by atoms with E-state index >= 15 is 0 Å². The molecular weight excluding hydrogens is 1220 g/mol. The Bertz CT molecular complexity index is 3080. The Morgan fingerprint density at radius 1 is 0.396 bits per heavy atom. The summed E-state index contributed by atoms with van der Waals surface area (Å²) in [6.07, 6.45) is 24.7. The maximum absolute atomic E-state index is 13.1. The van der Waals surface area contributed by atoms with Crippen molar-refractivity contribution in [1.29, 1.82) is 0 Å². The van der Waals surface area contributed by atoms with Crippen LogP contribution in [0.3, 0.4) is 0 Å². The van der Waals surface area contributed by atoms with Gasteiger partial charge in [-0.3, -0.25) is 0 Å². The molecule has 0 atom stereocenters. The second-order valence-electron chi connectivity index (χ2n) is 41.3. The lowest BCUT2D eigenvalue weighted by Crippen LogP contribution is -2.51. The molecule has 0 spiro atoms. The Balaban J connectivity index is 0.000000388. The summed E-state index contributed by atoms with van der Waals surface area (Å²) in [6, 6.07) is 51.9. The molecule has 566 valence electrons. The van der Waals surface area contributed by atoms with Gasteiger partial charge in [0.15, 0.2) is 0 Å². The molecule has 0 heterocycles. The van der Waals surface area contributed by atoms with Crippen LogP contribution in [0.4, 0.5) is 4.39 Å². The summed E-state index contributed by atoms with van der Waals surface area (Å²) in [5.74, 6) is 4.27. The first-order chi connectivity index (χ1) is 46.2. The van der Waals surface area contributed by atoms with E-state index in [2.05, 4.69) is 303 Å². The topological polar surface area (TPSA) is 20.2 Å². The average molecular weight is 1380 g/mol. The number of aryl methyl sites for hydroxylation is 3. The lowest BCUT2D eigenvalue weighted by atomic mass is 9.43. The molecule has 1 nitrogen and oxygen atoms in total. The van der Waals surface area contributed by atoms with Gasteiger partial charge in [0.05, 0.1) is 6.61 Å². The molecule has 5 aliphatic rings. The van der Waals surface area contributed by atoms with Crippen LogP contribution in [0.25, 0.3) is 0 Å². The first-order valence-corrected chi connectivity index (χ1v) is 39.5. The summed E-state index contributed by atoms with van der Waals surface area (Å²) in [4.78, 5) is 0. The van der Waals surface area contributed by atoms with Crippen molar-refractivity contribution in [3.05, 3.63) is 226 Å². The van der Waals surface area contributed by atoms with Crippen LogP contribution in [0.5, 0.6) is 0 Å². The van der Waals surface area contributed by atoms with Crippen molar-refractivity contribution in [3.8, 4) is 0 Å². The molecule has 1 N–H and O–H groups in total. The van der Waals surface area contributed by atoms with E-state index in [1.807, 2.05) is 57.2 Å². The largest absolute Gasteiger partial charge is 0.392 e. The van der Waals surface area contributed by atoms with Crippen LogP contribution in [-0.2, 0) is 42.1 Å². The zero-order valence-electron chi connectivity index (χ0n) is 71.4. The van der Waals surface area contributed by atoms with Gasteiger partial charge in [-0.05, 0) is 214 Å². The molecule has 0 amide bonds. The van der Waals surface area contributed by atoms with Crippen LogP contribution in [0.2, 0.25) is 0 Å². The molecule has 0 aliphatic heterocycles. The molecule has 5 aliphatic carbocycles. The second kappa shape index (κ2) is 41.0. The molecule has 11 rings (SSSR count). The smallest absolute Gasteiger partial charge is 0.126 e. The highest BCUT2D eigenvalue weighted by molar-refractivity contribution is 5.30. The third kappa shape index (κ3) is 40.1. The molecule has 5 saturated carbocycles. The van der Waals surface area contributed by atoms with Crippen LogP contribution >= 0.6 is 0 Å². The first kappa shape index (κ1) is 92.0. The van der Waals surface area contributed by atoms with Crippen LogP contribution < -0.4 is 0 Å². The Morgan fingerprint density at radius 3 is 1.06 bits per heavy atom. The molecule has 6 aromatic carbocycles. The zero-order valence-corrected chi connectivity index (χ0v) is 71.4. The molecule has 4 bridgehead atoms. The van der Waals surface area contributed by atoms with Crippen LogP contribution in [0, 0.1) is 88.2 Å². The van der Waals surface area contributed by atoms with E-state index in [1.54, 1.807) is 44.6 Å². The number of rotatable bonds is 6. The van der Waals surface area contributed by atoms with Gasteiger partial charge in [0.2, 0.25) is 0 Å². The Hall–Kier alpha value is -5.05. The van der Waals surface area contributed by atoms with Gasteiger partial charge in [0, 0.05) is 0 Å². The van der Waals surface area contributed by atoms with Crippen molar-refractivity contribution >= 4 is 0 Å². The summed E-state index contributed by atoms with van der Waals surface area (Å²) in [5.41, 5.74) is 16.6. The van der Waals surface area contributed by atoms with Gasteiger partial charge in [-0.2, -0.15) is 0 Å². The SMILES string of the molecule is C=CCC(C)(C)C.CC(C)(C)C12CC3CC(CC(C3)C1)C2.CC(C)(C)CC1CCCCC1.CC(C)(C)Cc1ccccc1.CC(C)(C)Cc1ccccc1CO.CC(C)(C)c1ccccc1F.Cc1ccc(C(C)(C)C)cc1.Cc1ccc(C(C)(C)C)cc1.Cc1ccc(CC(C)(C)C)cc1. The number of hydrogen-bond donors (Lipinski definition) is 1. The maximum atomic E-state index is 13.1. The summed E-state index contributed by atoms with van der Waals surface area (Å²) in [7, 11) is 0. The lowest BCUT2D eigenvalue weighted by molar-refractivity contribution is -0.113. The van der Waals surface area contributed by atoms with Gasteiger partial charge < -0.3 is 5.11 Å². The van der Waals surface area contributed by atoms with Gasteiger partial charge in [0.1, 0.15) is 5.82 Å². The lowest BCUT2D eigenvalue weighted by Gasteiger charge is -2.62. The summed E-state index contributed by atoms with van der Waals surface area (Å²) < 4.78 is 13.1. The number of benzene rings is 6. The number of hydrogen-bond acceptors (Lipinski definition) is 1. The van der Waals surface area contributed by atoms with Crippen LogP contribution in [0.15, 0.2) is 164 Å². The minimum absolute atomic E-state index is 0.0919. The minimum atomic E-state index is -0.111. The van der Waals surface area contributed by atoms with E-state index < -0.39 is 0 Å². The highest BCUT2D eigenvalue weighted by Crippen LogP contribution is 2.65. The van der Waals surface area contributed by atoms with Crippen molar-refractivity contribution < 1.29 is 9.50 Å². The number of aliphatic hydroxyl groups is 1. The maximum Gasteiger partial charge on any atom is 0.126 e. The Morgan fingerprint density at radius 2 is 0.752 bits per heavy atom. The normalized spacial score (nSPS) is 18.2. The van der Waals surface area contributed by atoms with Gasteiger partial charge in [-0.1, -0.05) is 387 Å². The summed E-state index contributed by atoms with van der Waals surface area (Å²) >= 11 is 0. The predicted octanol–water partition coefficient (Wildman–Crippen LogP) is 30.2. The van der Waals surface area contributed by atoms with Crippen molar-refractivity contribution in [2.75, 3.05) is 0 Å². The van der Waals surface area contributed by atoms with Crippen molar-refractivity contribution in [2.24, 2.45) is 61.6 Å². The van der Waals surface area contributed by atoms with Gasteiger partial charge in [0.25, 0.3) is 0 Å². The Labute approximate surface area is 626 Å². The quantitative estimate of drug-likeness (QED) is 0.165. The molecular formula is C99H157FO. The number of aliphatic hydroxyl groups excluding tert-OH is 1.